The zero-order valence-corrected chi connectivity index (χ0v) is 10.6. The van der Waals surface area contributed by atoms with E-state index in [9.17, 15) is 4.79 Å². The molecule has 94 valence electrons. The topological polar surface area (TPSA) is 55.6 Å². The maximum Gasteiger partial charge on any atom is 0.257 e. The van der Waals surface area contributed by atoms with E-state index in [-0.39, 0.29) is 11.9 Å². The van der Waals surface area contributed by atoms with E-state index < -0.39 is 0 Å². The van der Waals surface area contributed by atoms with E-state index in [1.54, 1.807) is 24.1 Å². The molecule has 1 unspecified atom stereocenters. The predicted molar refractivity (Wildman–Crippen MR) is 68.2 cm³/mol. The summed E-state index contributed by atoms with van der Waals surface area (Å²) in [6.07, 6.45) is 0. The Morgan fingerprint density at radius 3 is 2.71 bits per heavy atom. The number of benzene rings is 1. The molecule has 0 aliphatic carbocycles. The third kappa shape index (κ3) is 3.75. The van der Waals surface area contributed by atoms with Crippen LogP contribution in [0.3, 0.4) is 0 Å². The molecule has 0 fully saturated rings. The molecule has 0 radical (unpaired) electrons. The molecular weight excluding hydrogens is 216 g/mol. The van der Waals surface area contributed by atoms with Crippen molar-refractivity contribution in [3.8, 4) is 5.75 Å². The van der Waals surface area contributed by atoms with Gasteiger partial charge in [-0.3, -0.25) is 4.79 Å². The normalized spacial score (nSPS) is 12.0. The number of carbonyl (C=O) groups excluding carboxylic acids is 1. The standard InChI is InChI=1S/C13H20N2O2/c1-4-17-12-8-6-5-7-11(12)13(16)15(3)9-10(2)14/h5-8,10H,4,9,14H2,1-3H3. The Labute approximate surface area is 102 Å². The molecule has 0 aromatic heterocycles. The highest BCUT2D eigenvalue weighted by atomic mass is 16.5. The van der Waals surface area contributed by atoms with Crippen LogP contribution in [-0.2, 0) is 0 Å². The Kier molecular flexibility index (Phi) is 4.97. The van der Waals surface area contributed by atoms with Crippen molar-refractivity contribution in [2.24, 2.45) is 5.73 Å². The molecule has 0 bridgehead atoms. The summed E-state index contributed by atoms with van der Waals surface area (Å²) in [7, 11) is 1.74. The molecule has 0 aliphatic heterocycles. The molecule has 1 aromatic rings. The summed E-state index contributed by atoms with van der Waals surface area (Å²) < 4.78 is 5.43. The van der Waals surface area contributed by atoms with Crippen LogP contribution in [0, 0.1) is 0 Å². The Hall–Kier alpha value is -1.55. The largest absolute Gasteiger partial charge is 0.493 e. The first-order chi connectivity index (χ1) is 8.06. The number of para-hydroxylation sites is 1. The van der Waals surface area contributed by atoms with Gasteiger partial charge in [-0.1, -0.05) is 12.1 Å². The van der Waals surface area contributed by atoms with Gasteiger partial charge in [-0.15, -0.1) is 0 Å². The van der Waals surface area contributed by atoms with E-state index in [0.717, 1.165) is 0 Å². The smallest absolute Gasteiger partial charge is 0.257 e. The molecule has 0 aliphatic rings. The summed E-state index contributed by atoms with van der Waals surface area (Å²) in [6, 6.07) is 7.22. The summed E-state index contributed by atoms with van der Waals surface area (Å²) in [6.45, 7) is 4.84. The van der Waals surface area contributed by atoms with E-state index in [4.69, 9.17) is 10.5 Å². The lowest BCUT2D eigenvalue weighted by Gasteiger charge is -2.20. The van der Waals surface area contributed by atoms with Gasteiger partial charge < -0.3 is 15.4 Å². The molecule has 17 heavy (non-hydrogen) atoms. The van der Waals surface area contributed by atoms with Gasteiger partial charge in [0.1, 0.15) is 5.75 Å². The lowest BCUT2D eigenvalue weighted by Crippen LogP contribution is -2.37. The van der Waals surface area contributed by atoms with E-state index in [2.05, 4.69) is 0 Å². The van der Waals surface area contributed by atoms with Crippen molar-refractivity contribution in [3.63, 3.8) is 0 Å². The Morgan fingerprint density at radius 2 is 2.12 bits per heavy atom. The van der Waals surface area contributed by atoms with Crippen molar-refractivity contribution in [2.75, 3.05) is 20.2 Å². The van der Waals surface area contributed by atoms with Crippen LogP contribution in [0.15, 0.2) is 24.3 Å². The van der Waals surface area contributed by atoms with Gasteiger partial charge in [0.2, 0.25) is 0 Å². The van der Waals surface area contributed by atoms with Crippen LogP contribution in [-0.4, -0.2) is 37.0 Å². The number of nitrogens with zero attached hydrogens (tertiary/aromatic N) is 1. The molecule has 1 rings (SSSR count). The molecule has 1 aromatic carbocycles. The van der Waals surface area contributed by atoms with Crippen molar-refractivity contribution in [2.45, 2.75) is 19.9 Å². The number of rotatable bonds is 5. The second-order valence-electron chi connectivity index (χ2n) is 4.09. The average molecular weight is 236 g/mol. The third-order valence-electron chi connectivity index (χ3n) is 2.33. The van der Waals surface area contributed by atoms with E-state index in [1.165, 1.54) is 0 Å². The number of likely N-dealkylation sites (N-methyl/N-ethyl adjacent to an activating group) is 1. The molecule has 4 heteroatoms. The monoisotopic (exact) mass is 236 g/mol. The van der Waals surface area contributed by atoms with Crippen LogP contribution in [0.4, 0.5) is 0 Å². The number of ether oxygens (including phenoxy) is 1. The van der Waals surface area contributed by atoms with Crippen molar-refractivity contribution in [1.82, 2.24) is 4.90 Å². The second-order valence-corrected chi connectivity index (χ2v) is 4.09. The highest BCUT2D eigenvalue weighted by Gasteiger charge is 2.16. The third-order valence-corrected chi connectivity index (χ3v) is 2.33. The minimum atomic E-state index is -0.0636. The zero-order valence-electron chi connectivity index (χ0n) is 10.6. The van der Waals surface area contributed by atoms with Gasteiger partial charge in [0.05, 0.1) is 12.2 Å². The van der Waals surface area contributed by atoms with Crippen LogP contribution >= 0.6 is 0 Å². The van der Waals surface area contributed by atoms with Gasteiger partial charge in [-0.25, -0.2) is 0 Å². The molecule has 4 nitrogen and oxygen atoms in total. The SMILES string of the molecule is CCOc1ccccc1C(=O)N(C)CC(C)N. The van der Waals surface area contributed by atoms with Crippen LogP contribution in [0.25, 0.3) is 0 Å². The molecule has 1 atom stereocenters. The number of hydrogen-bond donors (Lipinski definition) is 1. The van der Waals surface area contributed by atoms with Crippen molar-refractivity contribution >= 4 is 5.91 Å². The number of amides is 1. The van der Waals surface area contributed by atoms with Gasteiger partial charge in [-0.2, -0.15) is 0 Å². The summed E-state index contributed by atoms with van der Waals surface area (Å²) >= 11 is 0. The minimum absolute atomic E-state index is 0.0387. The molecule has 0 heterocycles. The number of carbonyl (C=O) groups is 1. The minimum Gasteiger partial charge on any atom is -0.493 e. The highest BCUT2D eigenvalue weighted by Crippen LogP contribution is 2.19. The van der Waals surface area contributed by atoms with E-state index in [0.29, 0.717) is 24.5 Å². The van der Waals surface area contributed by atoms with Crippen molar-refractivity contribution < 1.29 is 9.53 Å². The summed E-state index contributed by atoms with van der Waals surface area (Å²) in [4.78, 5) is 13.8. The fourth-order valence-corrected chi connectivity index (χ4v) is 1.65. The van der Waals surface area contributed by atoms with Crippen LogP contribution in [0.1, 0.15) is 24.2 Å². The molecule has 1 amide bonds. The van der Waals surface area contributed by atoms with Crippen LogP contribution in [0.2, 0.25) is 0 Å². The fourth-order valence-electron chi connectivity index (χ4n) is 1.65. The van der Waals surface area contributed by atoms with Crippen molar-refractivity contribution in [1.29, 1.82) is 0 Å². The molecule has 0 saturated heterocycles. The summed E-state index contributed by atoms with van der Waals surface area (Å²) in [5, 5.41) is 0. The lowest BCUT2D eigenvalue weighted by molar-refractivity contribution is 0.0784. The second kappa shape index (κ2) is 6.25. The number of hydrogen-bond acceptors (Lipinski definition) is 3. The first-order valence-electron chi connectivity index (χ1n) is 5.79. The maximum absolute atomic E-state index is 12.2. The van der Waals surface area contributed by atoms with Crippen LogP contribution < -0.4 is 10.5 Å². The Bertz CT molecular complexity index is 377. The van der Waals surface area contributed by atoms with Crippen LogP contribution in [0.5, 0.6) is 5.75 Å². The molecule has 0 saturated carbocycles. The summed E-state index contributed by atoms with van der Waals surface area (Å²) in [5.41, 5.74) is 6.26. The Balaban J connectivity index is 2.87. The molecule has 2 N–H and O–H groups in total. The Morgan fingerprint density at radius 1 is 1.47 bits per heavy atom. The fraction of sp³-hybridized carbons (Fsp3) is 0.462. The maximum atomic E-state index is 12.2. The zero-order chi connectivity index (χ0) is 12.8. The van der Waals surface area contributed by atoms with E-state index >= 15 is 0 Å². The van der Waals surface area contributed by atoms with Gasteiger partial charge >= 0.3 is 0 Å². The molecular formula is C13H20N2O2. The predicted octanol–water partition coefficient (Wildman–Crippen LogP) is 1.50. The first kappa shape index (κ1) is 13.5. The van der Waals surface area contributed by atoms with Gasteiger partial charge in [0.15, 0.2) is 0 Å². The molecule has 0 spiro atoms. The summed E-state index contributed by atoms with van der Waals surface area (Å²) in [5.74, 6) is 0.558. The van der Waals surface area contributed by atoms with E-state index in [1.807, 2.05) is 26.0 Å². The van der Waals surface area contributed by atoms with Gasteiger partial charge in [0.25, 0.3) is 5.91 Å². The van der Waals surface area contributed by atoms with Gasteiger partial charge in [-0.05, 0) is 26.0 Å². The van der Waals surface area contributed by atoms with Gasteiger partial charge in [0, 0.05) is 19.6 Å². The average Bonchev–Trinajstić information content (AvgIpc) is 2.28. The number of nitrogens with two attached hydrogens (primary N) is 1. The lowest BCUT2D eigenvalue weighted by atomic mass is 10.1. The first-order valence-corrected chi connectivity index (χ1v) is 5.79. The quantitative estimate of drug-likeness (QED) is 0.843. The van der Waals surface area contributed by atoms with Crippen molar-refractivity contribution in [3.05, 3.63) is 29.8 Å². The highest BCUT2D eigenvalue weighted by molar-refractivity contribution is 5.96.